The molecule has 0 saturated carbocycles. The van der Waals surface area contributed by atoms with E-state index in [0.717, 1.165) is 18.1 Å². The van der Waals surface area contributed by atoms with Crippen LogP contribution in [0.2, 0.25) is 0 Å². The van der Waals surface area contributed by atoms with Gasteiger partial charge in [0.2, 0.25) is 0 Å². The Morgan fingerprint density at radius 2 is 2.16 bits per heavy atom. The van der Waals surface area contributed by atoms with Crippen LogP contribution in [0.5, 0.6) is 5.75 Å². The van der Waals surface area contributed by atoms with Crippen molar-refractivity contribution in [2.24, 2.45) is 5.41 Å². The van der Waals surface area contributed by atoms with E-state index in [0.29, 0.717) is 12.0 Å². The van der Waals surface area contributed by atoms with Crippen molar-refractivity contribution in [3.8, 4) is 5.75 Å². The molecule has 106 valence electrons. The van der Waals surface area contributed by atoms with Crippen LogP contribution in [-0.2, 0) is 0 Å². The van der Waals surface area contributed by atoms with Crippen LogP contribution < -0.4 is 10.1 Å². The van der Waals surface area contributed by atoms with Crippen LogP contribution >= 0.6 is 0 Å². The van der Waals surface area contributed by atoms with Crippen molar-refractivity contribution < 1.29 is 4.74 Å². The number of nitrogens with one attached hydrogen (secondary N) is 1. The van der Waals surface area contributed by atoms with E-state index in [4.69, 9.17) is 4.74 Å². The summed E-state index contributed by atoms with van der Waals surface area (Å²) in [4.78, 5) is 6.78. The zero-order valence-corrected chi connectivity index (χ0v) is 12.3. The van der Waals surface area contributed by atoms with Crippen LogP contribution in [0.3, 0.4) is 0 Å². The highest BCUT2D eigenvalue weighted by atomic mass is 16.5. The molecule has 1 fully saturated rings. The molecule has 4 heteroatoms. The van der Waals surface area contributed by atoms with Gasteiger partial charge in [0.25, 0.3) is 0 Å². The number of hydrogen-bond donors (Lipinski definition) is 1. The molecule has 0 unspecified atom stereocenters. The van der Waals surface area contributed by atoms with Crippen LogP contribution in [0.4, 0.5) is 5.82 Å². The maximum absolute atomic E-state index is 5.59. The number of aromatic nitrogens is 1. The molecule has 0 aromatic carbocycles. The van der Waals surface area contributed by atoms with Crippen LogP contribution in [0.1, 0.15) is 26.7 Å². The lowest BCUT2D eigenvalue weighted by molar-refractivity contribution is 0.150. The summed E-state index contributed by atoms with van der Waals surface area (Å²) in [5.74, 6) is 1.71. The van der Waals surface area contributed by atoms with Crippen molar-refractivity contribution >= 4 is 5.82 Å². The Morgan fingerprint density at radius 1 is 1.42 bits per heavy atom. The summed E-state index contributed by atoms with van der Waals surface area (Å²) in [6, 6.07) is 3.88. The zero-order valence-electron chi connectivity index (χ0n) is 12.3. The van der Waals surface area contributed by atoms with Crippen molar-refractivity contribution in [3.63, 3.8) is 0 Å². The molecular formula is C15H25N3O. The Hall–Kier alpha value is -1.29. The quantitative estimate of drug-likeness (QED) is 0.886. The van der Waals surface area contributed by atoms with E-state index in [2.05, 4.69) is 29.2 Å². The van der Waals surface area contributed by atoms with Gasteiger partial charge in [-0.3, -0.25) is 0 Å². The first-order valence-electron chi connectivity index (χ1n) is 7.13. The number of hydrogen-bond acceptors (Lipinski definition) is 4. The molecule has 0 aliphatic carbocycles. The third kappa shape index (κ3) is 3.83. The fourth-order valence-corrected chi connectivity index (χ4v) is 2.43. The van der Waals surface area contributed by atoms with E-state index in [9.17, 15) is 0 Å². The maximum Gasteiger partial charge on any atom is 0.168 e. The SMILES string of the molecule is CCOc1cccnc1NCC1(C)CCN(C)CC1. The molecular weight excluding hydrogens is 238 g/mol. The number of ether oxygens (including phenoxy) is 1. The molecule has 0 radical (unpaired) electrons. The Balaban J connectivity index is 1.94. The van der Waals surface area contributed by atoms with Crippen LogP contribution in [0, 0.1) is 5.41 Å². The number of pyridine rings is 1. The van der Waals surface area contributed by atoms with Gasteiger partial charge in [0.05, 0.1) is 6.61 Å². The predicted octanol–water partition coefficient (Wildman–Crippen LogP) is 2.62. The average Bonchev–Trinajstić information content (AvgIpc) is 2.42. The Kier molecular flexibility index (Phi) is 4.64. The normalized spacial score (nSPS) is 19.1. The summed E-state index contributed by atoms with van der Waals surface area (Å²) < 4.78 is 5.59. The summed E-state index contributed by atoms with van der Waals surface area (Å²) in [5, 5.41) is 3.47. The largest absolute Gasteiger partial charge is 0.490 e. The highest BCUT2D eigenvalue weighted by Gasteiger charge is 2.28. The number of rotatable bonds is 5. The average molecular weight is 263 g/mol. The summed E-state index contributed by atoms with van der Waals surface area (Å²) in [5.41, 5.74) is 0.355. The number of anilines is 1. The Bertz CT molecular complexity index is 400. The fraction of sp³-hybridized carbons (Fsp3) is 0.667. The van der Waals surface area contributed by atoms with Crippen molar-refractivity contribution in [3.05, 3.63) is 18.3 Å². The predicted molar refractivity (Wildman–Crippen MR) is 78.7 cm³/mol. The third-order valence-corrected chi connectivity index (χ3v) is 3.95. The van der Waals surface area contributed by atoms with E-state index in [1.54, 1.807) is 0 Å². The molecule has 2 heterocycles. The second kappa shape index (κ2) is 6.24. The second-order valence-corrected chi connectivity index (χ2v) is 5.75. The van der Waals surface area contributed by atoms with Crippen LogP contribution in [0.25, 0.3) is 0 Å². The van der Waals surface area contributed by atoms with Gasteiger partial charge in [-0.15, -0.1) is 0 Å². The van der Waals surface area contributed by atoms with E-state index < -0.39 is 0 Å². The highest BCUT2D eigenvalue weighted by Crippen LogP contribution is 2.31. The minimum atomic E-state index is 0.355. The lowest BCUT2D eigenvalue weighted by atomic mass is 9.80. The van der Waals surface area contributed by atoms with E-state index in [1.165, 1.54) is 25.9 Å². The fourth-order valence-electron chi connectivity index (χ4n) is 2.43. The van der Waals surface area contributed by atoms with E-state index in [-0.39, 0.29) is 0 Å². The minimum Gasteiger partial charge on any atom is -0.490 e. The molecule has 0 atom stereocenters. The number of piperidine rings is 1. The van der Waals surface area contributed by atoms with Gasteiger partial charge >= 0.3 is 0 Å². The van der Waals surface area contributed by atoms with Gasteiger partial charge in [-0.05, 0) is 57.5 Å². The monoisotopic (exact) mass is 263 g/mol. The minimum absolute atomic E-state index is 0.355. The summed E-state index contributed by atoms with van der Waals surface area (Å²) in [7, 11) is 2.19. The van der Waals surface area contributed by atoms with Gasteiger partial charge in [-0.2, -0.15) is 0 Å². The van der Waals surface area contributed by atoms with Crippen molar-refractivity contribution in [2.75, 3.05) is 38.6 Å². The van der Waals surface area contributed by atoms with Crippen LogP contribution in [-0.4, -0.2) is 43.2 Å². The lowest BCUT2D eigenvalue weighted by Gasteiger charge is -2.38. The van der Waals surface area contributed by atoms with Gasteiger partial charge in [0.15, 0.2) is 11.6 Å². The molecule has 1 aliphatic heterocycles. The topological polar surface area (TPSA) is 37.4 Å². The van der Waals surface area contributed by atoms with E-state index >= 15 is 0 Å². The molecule has 2 rings (SSSR count). The summed E-state index contributed by atoms with van der Waals surface area (Å²) in [6.07, 6.45) is 4.27. The summed E-state index contributed by atoms with van der Waals surface area (Å²) >= 11 is 0. The summed E-state index contributed by atoms with van der Waals surface area (Å²) in [6.45, 7) is 8.34. The molecule has 1 aliphatic rings. The number of likely N-dealkylation sites (tertiary alicyclic amines) is 1. The van der Waals surface area contributed by atoms with Crippen molar-refractivity contribution in [1.29, 1.82) is 0 Å². The maximum atomic E-state index is 5.59. The Labute approximate surface area is 116 Å². The van der Waals surface area contributed by atoms with Gasteiger partial charge in [0, 0.05) is 12.7 Å². The lowest BCUT2D eigenvalue weighted by Crippen LogP contribution is -2.40. The van der Waals surface area contributed by atoms with Gasteiger partial charge in [-0.25, -0.2) is 4.98 Å². The smallest absolute Gasteiger partial charge is 0.168 e. The van der Waals surface area contributed by atoms with Gasteiger partial charge in [0.1, 0.15) is 0 Å². The third-order valence-electron chi connectivity index (χ3n) is 3.95. The molecule has 0 amide bonds. The first-order chi connectivity index (χ1) is 9.13. The first-order valence-corrected chi connectivity index (χ1v) is 7.13. The molecule has 19 heavy (non-hydrogen) atoms. The highest BCUT2D eigenvalue weighted by molar-refractivity contribution is 5.49. The molecule has 1 aromatic rings. The Morgan fingerprint density at radius 3 is 2.84 bits per heavy atom. The molecule has 1 N–H and O–H groups in total. The van der Waals surface area contributed by atoms with Gasteiger partial charge in [-0.1, -0.05) is 6.92 Å². The van der Waals surface area contributed by atoms with E-state index in [1.807, 2.05) is 25.3 Å². The van der Waals surface area contributed by atoms with Gasteiger partial charge < -0.3 is 15.0 Å². The molecule has 0 bridgehead atoms. The standard InChI is InChI=1S/C15H25N3O/c1-4-19-13-6-5-9-16-14(13)17-12-15(2)7-10-18(3)11-8-15/h5-6,9H,4,7-8,10-12H2,1-3H3,(H,16,17). The molecule has 1 aromatic heterocycles. The van der Waals surface area contributed by atoms with Crippen molar-refractivity contribution in [2.45, 2.75) is 26.7 Å². The van der Waals surface area contributed by atoms with Crippen molar-refractivity contribution in [1.82, 2.24) is 9.88 Å². The molecule has 4 nitrogen and oxygen atoms in total. The molecule has 1 saturated heterocycles. The number of nitrogens with zero attached hydrogens (tertiary/aromatic N) is 2. The molecule has 0 spiro atoms. The van der Waals surface area contributed by atoms with Crippen LogP contribution in [0.15, 0.2) is 18.3 Å². The second-order valence-electron chi connectivity index (χ2n) is 5.75. The zero-order chi connectivity index (χ0) is 13.7. The first kappa shape index (κ1) is 14.1.